The lowest BCUT2D eigenvalue weighted by atomic mass is 10.0. The van der Waals surface area contributed by atoms with Gasteiger partial charge in [0.1, 0.15) is 5.82 Å². The molecule has 1 fully saturated rings. The summed E-state index contributed by atoms with van der Waals surface area (Å²) in [5.74, 6) is 2.53. The van der Waals surface area contributed by atoms with Crippen LogP contribution < -0.4 is 14.8 Å². The second-order valence-electron chi connectivity index (χ2n) is 5.11. The van der Waals surface area contributed by atoms with Gasteiger partial charge in [-0.05, 0) is 37.5 Å². The number of aromatic amines is 1. The molecular formula is C14H15N3O2. The lowest BCUT2D eigenvalue weighted by molar-refractivity contribution is 0.174. The van der Waals surface area contributed by atoms with Crippen LogP contribution in [0.1, 0.15) is 18.4 Å². The van der Waals surface area contributed by atoms with Crippen molar-refractivity contribution in [3.63, 3.8) is 0 Å². The van der Waals surface area contributed by atoms with Crippen molar-refractivity contribution in [2.75, 3.05) is 12.1 Å². The van der Waals surface area contributed by atoms with Crippen LogP contribution in [0, 0.1) is 6.92 Å². The van der Waals surface area contributed by atoms with Crippen molar-refractivity contribution in [1.29, 1.82) is 0 Å². The number of anilines is 1. The molecule has 98 valence electrons. The molecule has 0 radical (unpaired) electrons. The molecule has 19 heavy (non-hydrogen) atoms. The van der Waals surface area contributed by atoms with Crippen LogP contribution in [0.25, 0.3) is 11.3 Å². The van der Waals surface area contributed by atoms with Crippen LogP contribution >= 0.6 is 0 Å². The number of ether oxygens (including phenoxy) is 2. The van der Waals surface area contributed by atoms with Crippen LogP contribution in [0.3, 0.4) is 0 Å². The van der Waals surface area contributed by atoms with Crippen LogP contribution in [0.5, 0.6) is 11.5 Å². The predicted octanol–water partition coefficient (Wildman–Crippen LogP) is 2.69. The zero-order chi connectivity index (χ0) is 12.8. The van der Waals surface area contributed by atoms with E-state index in [-0.39, 0.29) is 0 Å². The zero-order valence-corrected chi connectivity index (χ0v) is 10.7. The highest BCUT2D eigenvalue weighted by Crippen LogP contribution is 2.38. The minimum absolute atomic E-state index is 0.301. The zero-order valence-electron chi connectivity index (χ0n) is 10.7. The summed E-state index contributed by atoms with van der Waals surface area (Å²) in [4.78, 5) is 0. The second-order valence-corrected chi connectivity index (χ2v) is 5.11. The number of nitrogens with zero attached hydrogens (tertiary/aromatic N) is 1. The van der Waals surface area contributed by atoms with Gasteiger partial charge >= 0.3 is 0 Å². The molecule has 1 aliphatic heterocycles. The van der Waals surface area contributed by atoms with Crippen LogP contribution in [-0.2, 0) is 0 Å². The summed E-state index contributed by atoms with van der Waals surface area (Å²) in [5, 5.41) is 10.8. The lowest BCUT2D eigenvalue weighted by Gasteiger charge is -2.05. The minimum Gasteiger partial charge on any atom is -0.454 e. The molecule has 0 amide bonds. The fraction of sp³-hybridized carbons (Fsp3) is 0.357. The number of aryl methyl sites for hydroxylation is 1. The molecule has 0 bridgehead atoms. The van der Waals surface area contributed by atoms with Gasteiger partial charge in [-0.3, -0.25) is 5.10 Å². The lowest BCUT2D eigenvalue weighted by Crippen LogP contribution is -2.00. The molecule has 2 aliphatic rings. The van der Waals surface area contributed by atoms with E-state index in [4.69, 9.17) is 9.47 Å². The van der Waals surface area contributed by atoms with Gasteiger partial charge in [0.25, 0.3) is 0 Å². The Labute approximate surface area is 110 Å². The first-order valence-corrected chi connectivity index (χ1v) is 6.52. The Kier molecular flexibility index (Phi) is 2.21. The van der Waals surface area contributed by atoms with Crippen LogP contribution in [0.2, 0.25) is 0 Å². The first-order valence-electron chi connectivity index (χ1n) is 6.52. The highest BCUT2D eigenvalue weighted by Gasteiger charge is 2.22. The van der Waals surface area contributed by atoms with E-state index >= 15 is 0 Å². The molecule has 4 rings (SSSR count). The van der Waals surface area contributed by atoms with E-state index in [0.29, 0.717) is 12.8 Å². The number of aromatic nitrogens is 2. The molecule has 0 spiro atoms. The first kappa shape index (κ1) is 10.7. The summed E-state index contributed by atoms with van der Waals surface area (Å²) in [5.41, 5.74) is 3.24. The number of fused-ring (bicyclic) bond motifs is 1. The smallest absolute Gasteiger partial charge is 0.231 e. The Hall–Kier alpha value is -2.17. The van der Waals surface area contributed by atoms with Crippen LogP contribution in [-0.4, -0.2) is 23.0 Å². The molecule has 1 aromatic carbocycles. The van der Waals surface area contributed by atoms with Crippen molar-refractivity contribution in [3.05, 3.63) is 23.8 Å². The topological polar surface area (TPSA) is 59.2 Å². The summed E-state index contributed by atoms with van der Waals surface area (Å²) >= 11 is 0. The van der Waals surface area contributed by atoms with Crippen molar-refractivity contribution in [1.82, 2.24) is 10.2 Å². The molecule has 2 aromatic rings. The standard InChI is InChI=1S/C14H15N3O2/c1-8-4-12-13(19-7-18-12)5-10(8)11-6-14(17-16-11)15-9-2-3-9/h4-6,9H,2-3,7H2,1H3,(H2,15,16,17). The molecule has 0 unspecified atom stereocenters. The minimum atomic E-state index is 0.301. The average molecular weight is 257 g/mol. The van der Waals surface area contributed by atoms with E-state index in [1.54, 1.807) is 0 Å². The first-order chi connectivity index (χ1) is 9.29. The molecule has 0 atom stereocenters. The summed E-state index contributed by atoms with van der Waals surface area (Å²) in [6.07, 6.45) is 2.48. The maximum Gasteiger partial charge on any atom is 0.231 e. The quantitative estimate of drug-likeness (QED) is 0.887. The van der Waals surface area contributed by atoms with Gasteiger partial charge in [-0.2, -0.15) is 5.10 Å². The maximum absolute atomic E-state index is 5.42. The summed E-state index contributed by atoms with van der Waals surface area (Å²) in [6, 6.07) is 6.66. The molecule has 2 N–H and O–H groups in total. The Bertz CT molecular complexity index is 632. The van der Waals surface area contributed by atoms with E-state index < -0.39 is 0 Å². The normalized spacial score (nSPS) is 16.7. The van der Waals surface area contributed by atoms with Gasteiger partial charge in [-0.15, -0.1) is 0 Å². The van der Waals surface area contributed by atoms with Crippen molar-refractivity contribution >= 4 is 5.82 Å². The van der Waals surface area contributed by atoms with Gasteiger partial charge < -0.3 is 14.8 Å². The maximum atomic E-state index is 5.42. The molecular weight excluding hydrogens is 242 g/mol. The number of benzene rings is 1. The number of nitrogens with one attached hydrogen (secondary N) is 2. The third kappa shape index (κ3) is 1.91. The largest absolute Gasteiger partial charge is 0.454 e. The van der Waals surface area contributed by atoms with Gasteiger partial charge in [-0.1, -0.05) is 0 Å². The molecule has 1 aromatic heterocycles. The van der Waals surface area contributed by atoms with Gasteiger partial charge in [0, 0.05) is 17.7 Å². The monoisotopic (exact) mass is 257 g/mol. The molecule has 5 nitrogen and oxygen atoms in total. The van der Waals surface area contributed by atoms with Crippen molar-refractivity contribution in [2.24, 2.45) is 0 Å². The molecule has 5 heteroatoms. The summed E-state index contributed by atoms with van der Waals surface area (Å²) < 4.78 is 10.8. The van der Waals surface area contributed by atoms with Crippen molar-refractivity contribution in [3.8, 4) is 22.8 Å². The number of rotatable bonds is 3. The number of H-pyrrole nitrogens is 1. The average Bonchev–Trinajstić information content (AvgIpc) is 2.89. The highest BCUT2D eigenvalue weighted by atomic mass is 16.7. The third-order valence-corrected chi connectivity index (χ3v) is 3.52. The Morgan fingerprint density at radius 1 is 1.21 bits per heavy atom. The Morgan fingerprint density at radius 3 is 2.79 bits per heavy atom. The second kappa shape index (κ2) is 3.91. The fourth-order valence-corrected chi connectivity index (χ4v) is 2.30. The Balaban J connectivity index is 1.69. The van der Waals surface area contributed by atoms with Gasteiger partial charge in [0.05, 0.1) is 5.69 Å². The van der Waals surface area contributed by atoms with E-state index in [1.807, 2.05) is 18.2 Å². The van der Waals surface area contributed by atoms with Crippen molar-refractivity contribution < 1.29 is 9.47 Å². The van der Waals surface area contributed by atoms with Gasteiger partial charge in [0.15, 0.2) is 11.5 Å². The van der Waals surface area contributed by atoms with E-state index in [0.717, 1.165) is 34.1 Å². The molecule has 0 saturated heterocycles. The fourth-order valence-electron chi connectivity index (χ4n) is 2.30. The van der Waals surface area contributed by atoms with E-state index in [1.165, 1.54) is 12.8 Å². The summed E-state index contributed by atoms with van der Waals surface area (Å²) in [7, 11) is 0. The van der Waals surface area contributed by atoms with Crippen molar-refractivity contribution in [2.45, 2.75) is 25.8 Å². The Morgan fingerprint density at radius 2 is 2.00 bits per heavy atom. The summed E-state index contributed by atoms with van der Waals surface area (Å²) in [6.45, 7) is 2.36. The van der Waals surface area contributed by atoms with Crippen LogP contribution in [0.4, 0.5) is 5.82 Å². The van der Waals surface area contributed by atoms with E-state index in [9.17, 15) is 0 Å². The van der Waals surface area contributed by atoms with Gasteiger partial charge in [-0.25, -0.2) is 0 Å². The third-order valence-electron chi connectivity index (χ3n) is 3.52. The van der Waals surface area contributed by atoms with Gasteiger partial charge in [0.2, 0.25) is 6.79 Å². The number of hydrogen-bond acceptors (Lipinski definition) is 4. The molecule has 2 heterocycles. The van der Waals surface area contributed by atoms with E-state index in [2.05, 4.69) is 22.4 Å². The molecule has 1 saturated carbocycles. The molecule has 1 aliphatic carbocycles. The SMILES string of the molecule is Cc1cc2c(cc1-c1cc(NC3CC3)n[nH]1)OCO2. The predicted molar refractivity (Wildman–Crippen MR) is 71.5 cm³/mol. The highest BCUT2D eigenvalue weighted by molar-refractivity contribution is 5.70. The van der Waals surface area contributed by atoms with Crippen LogP contribution in [0.15, 0.2) is 18.2 Å². The number of hydrogen-bond donors (Lipinski definition) is 2.